The van der Waals surface area contributed by atoms with Gasteiger partial charge in [0, 0.05) is 5.92 Å². The fourth-order valence-electron chi connectivity index (χ4n) is 5.42. The number of hydrogen-bond donors (Lipinski definition) is 2. The van der Waals surface area contributed by atoms with Gasteiger partial charge in [-0.25, -0.2) is 0 Å². The molecule has 98 valence electrons. The van der Waals surface area contributed by atoms with Crippen molar-refractivity contribution in [3.05, 3.63) is 0 Å². The first-order valence-electron chi connectivity index (χ1n) is 7.37. The smallest absolute Gasteiger partial charge is 0.0736 e. The zero-order valence-electron chi connectivity index (χ0n) is 11.2. The maximum absolute atomic E-state index is 11.2. The molecule has 0 aromatic rings. The molecule has 2 N–H and O–H groups in total. The maximum Gasteiger partial charge on any atom is 0.0736 e. The van der Waals surface area contributed by atoms with Crippen LogP contribution in [0, 0.1) is 23.7 Å². The Hall–Kier alpha value is -0.0800. The summed E-state index contributed by atoms with van der Waals surface area (Å²) in [6.07, 6.45) is 8.33. The molecule has 3 aliphatic rings. The number of rotatable bonds is 1. The summed E-state index contributed by atoms with van der Waals surface area (Å²) in [4.78, 5) is 0. The molecule has 0 spiro atoms. The van der Waals surface area contributed by atoms with Crippen molar-refractivity contribution >= 4 is 0 Å². The van der Waals surface area contributed by atoms with Crippen LogP contribution < -0.4 is 0 Å². The Labute approximate surface area is 104 Å². The lowest BCUT2D eigenvalue weighted by Crippen LogP contribution is -2.53. The first-order valence-corrected chi connectivity index (χ1v) is 7.37. The Morgan fingerprint density at radius 3 is 2.41 bits per heavy atom. The summed E-state index contributed by atoms with van der Waals surface area (Å²) < 4.78 is 0. The van der Waals surface area contributed by atoms with Crippen molar-refractivity contribution in [1.29, 1.82) is 0 Å². The van der Waals surface area contributed by atoms with E-state index >= 15 is 0 Å². The summed E-state index contributed by atoms with van der Waals surface area (Å²) in [5.41, 5.74) is -1.29. The van der Waals surface area contributed by atoms with Gasteiger partial charge >= 0.3 is 0 Å². The third-order valence-corrected chi connectivity index (χ3v) is 5.89. The molecular formula is C15H26O2. The van der Waals surface area contributed by atoms with Gasteiger partial charge in [-0.05, 0) is 50.9 Å². The minimum absolute atomic E-state index is 0.0888. The minimum atomic E-state index is -0.728. The quantitative estimate of drug-likeness (QED) is 0.737. The number of hydrogen-bond acceptors (Lipinski definition) is 2. The summed E-state index contributed by atoms with van der Waals surface area (Å²) in [5, 5.41) is 21.5. The predicted molar refractivity (Wildman–Crippen MR) is 67.5 cm³/mol. The van der Waals surface area contributed by atoms with Crippen molar-refractivity contribution in [1.82, 2.24) is 0 Å². The molecule has 2 nitrogen and oxygen atoms in total. The van der Waals surface area contributed by atoms with Crippen LogP contribution in [0.4, 0.5) is 0 Å². The van der Waals surface area contributed by atoms with Crippen LogP contribution in [0.2, 0.25) is 0 Å². The molecule has 17 heavy (non-hydrogen) atoms. The second-order valence-corrected chi connectivity index (χ2v) is 7.30. The van der Waals surface area contributed by atoms with Crippen molar-refractivity contribution in [3.63, 3.8) is 0 Å². The Bertz CT molecular complexity index is 301. The van der Waals surface area contributed by atoms with Crippen LogP contribution in [0.5, 0.6) is 0 Å². The topological polar surface area (TPSA) is 40.5 Å². The highest BCUT2D eigenvalue weighted by atomic mass is 16.3. The van der Waals surface area contributed by atoms with Crippen LogP contribution in [0.1, 0.15) is 58.8 Å². The lowest BCUT2D eigenvalue weighted by molar-refractivity contribution is -0.145. The molecule has 0 aromatic carbocycles. The minimum Gasteiger partial charge on any atom is -0.390 e. The fourth-order valence-corrected chi connectivity index (χ4v) is 5.42. The van der Waals surface area contributed by atoms with E-state index in [-0.39, 0.29) is 5.92 Å². The average molecular weight is 238 g/mol. The van der Waals surface area contributed by atoms with Crippen LogP contribution in [-0.2, 0) is 0 Å². The molecule has 0 heterocycles. The molecule has 3 saturated carbocycles. The molecule has 5 unspecified atom stereocenters. The summed E-state index contributed by atoms with van der Waals surface area (Å²) in [6, 6.07) is 0. The lowest BCUT2D eigenvalue weighted by atomic mass is 9.61. The zero-order valence-corrected chi connectivity index (χ0v) is 11.2. The van der Waals surface area contributed by atoms with Gasteiger partial charge < -0.3 is 10.2 Å². The van der Waals surface area contributed by atoms with Gasteiger partial charge in [-0.2, -0.15) is 0 Å². The summed E-state index contributed by atoms with van der Waals surface area (Å²) in [7, 11) is 0. The Balaban J connectivity index is 1.96. The van der Waals surface area contributed by atoms with Crippen molar-refractivity contribution in [2.45, 2.75) is 70.0 Å². The van der Waals surface area contributed by atoms with E-state index in [0.29, 0.717) is 11.8 Å². The van der Waals surface area contributed by atoms with Crippen LogP contribution in [-0.4, -0.2) is 21.4 Å². The second-order valence-electron chi connectivity index (χ2n) is 7.30. The molecule has 0 aliphatic heterocycles. The molecule has 0 amide bonds. The molecular weight excluding hydrogens is 212 g/mol. The van der Waals surface area contributed by atoms with E-state index in [9.17, 15) is 10.2 Å². The SMILES string of the molecule is CC(C)(O)C1CC2CCCC3CCCC1(O)C32. The van der Waals surface area contributed by atoms with Crippen LogP contribution in [0.15, 0.2) is 0 Å². The third-order valence-electron chi connectivity index (χ3n) is 5.89. The molecule has 3 fully saturated rings. The molecule has 5 atom stereocenters. The summed E-state index contributed by atoms with van der Waals surface area (Å²) >= 11 is 0. The van der Waals surface area contributed by atoms with Gasteiger partial charge in [-0.1, -0.05) is 25.7 Å². The largest absolute Gasteiger partial charge is 0.390 e. The van der Waals surface area contributed by atoms with Gasteiger partial charge in [0.15, 0.2) is 0 Å². The van der Waals surface area contributed by atoms with Crippen molar-refractivity contribution in [2.75, 3.05) is 0 Å². The maximum atomic E-state index is 11.2. The Kier molecular flexibility index (Phi) is 2.61. The van der Waals surface area contributed by atoms with Crippen LogP contribution >= 0.6 is 0 Å². The molecule has 0 aromatic heterocycles. The highest BCUT2D eigenvalue weighted by Crippen LogP contribution is 2.61. The number of aliphatic hydroxyl groups is 2. The molecule has 3 rings (SSSR count). The van der Waals surface area contributed by atoms with Gasteiger partial charge in [-0.15, -0.1) is 0 Å². The van der Waals surface area contributed by atoms with Crippen molar-refractivity contribution in [3.8, 4) is 0 Å². The zero-order chi connectivity index (χ0) is 12.3. The van der Waals surface area contributed by atoms with E-state index in [4.69, 9.17) is 0 Å². The van der Waals surface area contributed by atoms with Crippen molar-refractivity contribution < 1.29 is 10.2 Å². The highest BCUT2D eigenvalue weighted by Gasteiger charge is 2.61. The first kappa shape index (κ1) is 12.0. The third kappa shape index (κ3) is 1.67. The van der Waals surface area contributed by atoms with Crippen LogP contribution in [0.3, 0.4) is 0 Å². The second kappa shape index (κ2) is 3.71. The molecule has 3 aliphatic carbocycles. The normalized spacial score (nSPS) is 50.1. The van der Waals surface area contributed by atoms with Gasteiger partial charge in [-0.3, -0.25) is 0 Å². The van der Waals surface area contributed by atoms with Gasteiger partial charge in [0.1, 0.15) is 0 Å². The molecule has 2 heteroatoms. The predicted octanol–water partition coefficient (Wildman–Crippen LogP) is 2.72. The van der Waals surface area contributed by atoms with E-state index < -0.39 is 11.2 Å². The fraction of sp³-hybridized carbons (Fsp3) is 1.00. The molecule has 0 bridgehead atoms. The summed E-state index contributed by atoms with van der Waals surface area (Å²) in [6.45, 7) is 3.77. The molecule has 0 saturated heterocycles. The van der Waals surface area contributed by atoms with E-state index in [0.717, 1.165) is 25.2 Å². The summed E-state index contributed by atoms with van der Waals surface area (Å²) in [5.74, 6) is 1.99. The van der Waals surface area contributed by atoms with E-state index in [1.807, 2.05) is 13.8 Å². The Morgan fingerprint density at radius 2 is 1.71 bits per heavy atom. The standard InChI is InChI=1S/C15H26O2/c1-14(2,16)12-9-11-6-3-5-10-7-4-8-15(12,17)13(10)11/h10-13,16-17H,3-9H2,1-2H3. The average Bonchev–Trinajstić information content (AvgIpc) is 2.54. The monoisotopic (exact) mass is 238 g/mol. The van der Waals surface area contributed by atoms with Crippen molar-refractivity contribution in [2.24, 2.45) is 23.7 Å². The lowest BCUT2D eigenvalue weighted by Gasteiger charge is -2.49. The van der Waals surface area contributed by atoms with E-state index in [2.05, 4.69) is 0 Å². The molecule has 0 radical (unpaired) electrons. The van der Waals surface area contributed by atoms with Crippen LogP contribution in [0.25, 0.3) is 0 Å². The highest BCUT2D eigenvalue weighted by molar-refractivity contribution is 5.11. The van der Waals surface area contributed by atoms with Gasteiger partial charge in [0.2, 0.25) is 0 Å². The van der Waals surface area contributed by atoms with E-state index in [1.54, 1.807) is 0 Å². The first-order chi connectivity index (χ1) is 7.93. The van der Waals surface area contributed by atoms with Gasteiger partial charge in [0.25, 0.3) is 0 Å². The van der Waals surface area contributed by atoms with Gasteiger partial charge in [0.05, 0.1) is 11.2 Å². The Morgan fingerprint density at radius 1 is 1.06 bits per heavy atom. The van der Waals surface area contributed by atoms with E-state index in [1.165, 1.54) is 25.7 Å².